The lowest BCUT2D eigenvalue weighted by atomic mass is 10.2. The number of thioether (sulfide) groups is 1. The molecule has 0 bridgehead atoms. The normalized spacial score (nSPS) is 14.8. The Kier molecular flexibility index (Phi) is 5.10. The molecule has 1 amide bonds. The third-order valence-corrected chi connectivity index (χ3v) is 4.43. The lowest BCUT2D eigenvalue weighted by molar-refractivity contribution is -0.129. The van der Waals surface area contributed by atoms with Gasteiger partial charge in [0.1, 0.15) is 0 Å². The van der Waals surface area contributed by atoms with Crippen LogP contribution in [0, 0.1) is 5.92 Å². The Balaban J connectivity index is 1.91. The van der Waals surface area contributed by atoms with Crippen molar-refractivity contribution in [2.75, 3.05) is 12.3 Å². The number of carbonyl (C=O) groups excluding carboxylic acids is 1. The molecule has 0 unspecified atom stereocenters. The van der Waals surface area contributed by atoms with Gasteiger partial charge in [0, 0.05) is 19.6 Å². The summed E-state index contributed by atoms with van der Waals surface area (Å²) in [6.45, 7) is 5.09. The monoisotopic (exact) mass is 297 g/mol. The van der Waals surface area contributed by atoms with Crippen LogP contribution >= 0.6 is 11.8 Å². The number of rotatable bonds is 7. The van der Waals surface area contributed by atoms with Crippen LogP contribution in [0.5, 0.6) is 0 Å². The summed E-state index contributed by atoms with van der Waals surface area (Å²) in [4.78, 5) is 18.6. The third-order valence-electron chi connectivity index (χ3n) is 3.40. The van der Waals surface area contributed by atoms with Crippen LogP contribution in [-0.2, 0) is 18.4 Å². The highest BCUT2D eigenvalue weighted by atomic mass is 32.2. The van der Waals surface area contributed by atoms with Crippen molar-refractivity contribution in [2.45, 2.75) is 44.5 Å². The second kappa shape index (κ2) is 6.63. The average Bonchev–Trinajstić information content (AvgIpc) is 3.18. The van der Waals surface area contributed by atoms with Crippen molar-refractivity contribution in [3.63, 3.8) is 0 Å². The second-order valence-electron chi connectivity index (χ2n) is 5.71. The zero-order valence-electron chi connectivity index (χ0n) is 12.4. The van der Waals surface area contributed by atoms with E-state index in [0.29, 0.717) is 17.7 Å². The lowest BCUT2D eigenvalue weighted by Crippen LogP contribution is -2.37. The van der Waals surface area contributed by atoms with Crippen LogP contribution in [0.2, 0.25) is 0 Å². The smallest absolute Gasteiger partial charge is 0.233 e. The molecule has 1 aliphatic carbocycles. The Morgan fingerprint density at radius 1 is 1.60 bits per heavy atom. The van der Waals surface area contributed by atoms with E-state index in [-0.39, 0.29) is 12.5 Å². The average molecular weight is 297 g/mol. The topological polar surface area (TPSA) is 58.4 Å². The van der Waals surface area contributed by atoms with Crippen LogP contribution < -0.4 is 0 Å². The van der Waals surface area contributed by atoms with Gasteiger partial charge in [0.15, 0.2) is 5.16 Å². The fraction of sp³-hybridized carbons (Fsp3) is 0.714. The first kappa shape index (κ1) is 15.4. The predicted molar refractivity (Wildman–Crippen MR) is 79.4 cm³/mol. The van der Waals surface area contributed by atoms with E-state index in [0.717, 1.165) is 30.2 Å². The van der Waals surface area contributed by atoms with Crippen LogP contribution in [0.15, 0.2) is 11.4 Å². The van der Waals surface area contributed by atoms with E-state index >= 15 is 0 Å². The van der Waals surface area contributed by atoms with E-state index in [4.69, 9.17) is 5.11 Å². The maximum absolute atomic E-state index is 12.3. The van der Waals surface area contributed by atoms with E-state index in [1.54, 1.807) is 6.20 Å². The second-order valence-corrected chi connectivity index (χ2v) is 6.65. The molecule has 1 fully saturated rings. The zero-order valence-corrected chi connectivity index (χ0v) is 13.2. The fourth-order valence-corrected chi connectivity index (χ4v) is 3.01. The van der Waals surface area contributed by atoms with Crippen LogP contribution in [0.1, 0.15) is 32.4 Å². The van der Waals surface area contributed by atoms with Gasteiger partial charge in [-0.1, -0.05) is 25.6 Å². The number of hydrogen-bond donors (Lipinski definition) is 1. The van der Waals surface area contributed by atoms with Crippen molar-refractivity contribution in [2.24, 2.45) is 13.0 Å². The quantitative estimate of drug-likeness (QED) is 0.778. The molecule has 0 aromatic carbocycles. The van der Waals surface area contributed by atoms with Crippen LogP contribution in [0.25, 0.3) is 0 Å². The van der Waals surface area contributed by atoms with Crippen molar-refractivity contribution in [3.8, 4) is 0 Å². The molecule has 2 rings (SSSR count). The van der Waals surface area contributed by atoms with Gasteiger partial charge in [0.2, 0.25) is 5.91 Å². The first-order valence-corrected chi connectivity index (χ1v) is 8.05. The van der Waals surface area contributed by atoms with Gasteiger partial charge < -0.3 is 14.6 Å². The first-order chi connectivity index (χ1) is 9.52. The molecule has 1 aliphatic rings. The Morgan fingerprint density at radius 2 is 2.30 bits per heavy atom. The summed E-state index contributed by atoms with van der Waals surface area (Å²) in [6.07, 6.45) is 3.93. The van der Waals surface area contributed by atoms with Gasteiger partial charge in [-0.3, -0.25) is 4.79 Å². The van der Waals surface area contributed by atoms with E-state index in [1.165, 1.54) is 11.8 Å². The molecular formula is C14H23N3O2S. The van der Waals surface area contributed by atoms with Crippen molar-refractivity contribution in [1.82, 2.24) is 14.5 Å². The van der Waals surface area contributed by atoms with Gasteiger partial charge in [-0.15, -0.1) is 0 Å². The molecule has 0 atom stereocenters. The Labute approximate surface area is 124 Å². The SMILES string of the molecule is CC(C)CN(C(=O)CSc1ncc(CO)n1C)C1CC1. The summed E-state index contributed by atoms with van der Waals surface area (Å²) in [6, 6.07) is 0.458. The lowest BCUT2D eigenvalue weighted by Gasteiger charge is -2.24. The van der Waals surface area contributed by atoms with E-state index in [1.807, 2.05) is 16.5 Å². The minimum Gasteiger partial charge on any atom is -0.390 e. The molecule has 0 spiro atoms. The number of hydrogen-bond acceptors (Lipinski definition) is 4. The summed E-state index contributed by atoms with van der Waals surface area (Å²) < 4.78 is 1.84. The van der Waals surface area contributed by atoms with Crippen molar-refractivity contribution in [3.05, 3.63) is 11.9 Å². The molecular weight excluding hydrogens is 274 g/mol. The molecule has 1 heterocycles. The molecule has 1 N–H and O–H groups in total. The Morgan fingerprint density at radius 3 is 2.80 bits per heavy atom. The van der Waals surface area contributed by atoms with Crippen LogP contribution in [0.4, 0.5) is 0 Å². The van der Waals surface area contributed by atoms with Gasteiger partial charge in [-0.25, -0.2) is 4.98 Å². The fourth-order valence-electron chi connectivity index (χ4n) is 2.15. The number of aliphatic hydroxyl groups is 1. The Bertz CT molecular complexity index is 469. The maximum atomic E-state index is 12.3. The van der Waals surface area contributed by atoms with E-state index < -0.39 is 0 Å². The molecule has 1 saturated carbocycles. The summed E-state index contributed by atoms with van der Waals surface area (Å²) >= 11 is 1.44. The highest BCUT2D eigenvalue weighted by Crippen LogP contribution is 2.29. The highest BCUT2D eigenvalue weighted by Gasteiger charge is 2.32. The maximum Gasteiger partial charge on any atom is 0.233 e. The molecule has 0 aliphatic heterocycles. The van der Waals surface area contributed by atoms with E-state index in [9.17, 15) is 4.79 Å². The number of nitrogens with zero attached hydrogens (tertiary/aromatic N) is 3. The number of imidazole rings is 1. The number of amides is 1. The molecule has 1 aromatic rings. The minimum absolute atomic E-state index is 0.0282. The molecule has 6 heteroatoms. The number of aliphatic hydroxyl groups excluding tert-OH is 1. The predicted octanol–water partition coefficient (Wildman–Crippen LogP) is 1.65. The van der Waals surface area contributed by atoms with Crippen LogP contribution in [0.3, 0.4) is 0 Å². The molecule has 20 heavy (non-hydrogen) atoms. The van der Waals surface area contributed by atoms with Crippen molar-refractivity contribution >= 4 is 17.7 Å². The summed E-state index contributed by atoms with van der Waals surface area (Å²) in [7, 11) is 1.86. The first-order valence-electron chi connectivity index (χ1n) is 7.06. The third kappa shape index (κ3) is 3.76. The summed E-state index contributed by atoms with van der Waals surface area (Å²) in [5, 5.41) is 9.91. The zero-order chi connectivity index (χ0) is 14.7. The van der Waals surface area contributed by atoms with Gasteiger partial charge in [0.05, 0.1) is 24.3 Å². The Hall–Kier alpha value is -1.01. The molecule has 112 valence electrons. The van der Waals surface area contributed by atoms with Crippen LogP contribution in [-0.4, -0.2) is 43.8 Å². The number of aromatic nitrogens is 2. The van der Waals surface area contributed by atoms with Gasteiger partial charge in [-0.05, 0) is 18.8 Å². The molecule has 1 aromatic heterocycles. The minimum atomic E-state index is -0.0282. The molecule has 0 saturated heterocycles. The molecule has 0 radical (unpaired) electrons. The summed E-state index contributed by atoms with van der Waals surface area (Å²) in [5.41, 5.74) is 0.765. The van der Waals surface area contributed by atoms with Crippen molar-refractivity contribution in [1.29, 1.82) is 0 Å². The van der Waals surface area contributed by atoms with Gasteiger partial charge in [0.25, 0.3) is 0 Å². The largest absolute Gasteiger partial charge is 0.390 e. The highest BCUT2D eigenvalue weighted by molar-refractivity contribution is 7.99. The number of carbonyl (C=O) groups is 1. The van der Waals surface area contributed by atoms with Crippen molar-refractivity contribution < 1.29 is 9.90 Å². The molecule has 5 nitrogen and oxygen atoms in total. The standard InChI is InChI=1S/C14H23N3O2S/c1-10(2)7-17(11-4-5-11)13(19)9-20-14-15-6-12(8-18)16(14)3/h6,10-11,18H,4-5,7-9H2,1-3H3. The van der Waals surface area contributed by atoms with Gasteiger partial charge >= 0.3 is 0 Å². The van der Waals surface area contributed by atoms with E-state index in [2.05, 4.69) is 18.8 Å². The van der Waals surface area contributed by atoms with Gasteiger partial charge in [-0.2, -0.15) is 0 Å². The summed E-state index contributed by atoms with van der Waals surface area (Å²) in [5.74, 6) is 1.11.